The van der Waals surface area contributed by atoms with Gasteiger partial charge in [-0.2, -0.15) is 0 Å². The number of hydrogen-bond acceptors (Lipinski definition) is 4. The first-order valence-electron chi connectivity index (χ1n) is 7.23. The van der Waals surface area contributed by atoms with Gasteiger partial charge >= 0.3 is 0 Å². The Kier molecular flexibility index (Phi) is 6.10. The summed E-state index contributed by atoms with van der Waals surface area (Å²) in [6.45, 7) is 0. The van der Waals surface area contributed by atoms with Gasteiger partial charge in [0.15, 0.2) is 0 Å². The maximum Gasteiger partial charge on any atom is 0.234 e. The van der Waals surface area contributed by atoms with Crippen LogP contribution in [0.25, 0.3) is 0 Å². The number of benzene rings is 1. The summed E-state index contributed by atoms with van der Waals surface area (Å²) in [5.41, 5.74) is 1.50. The molecule has 0 fully saturated rings. The summed E-state index contributed by atoms with van der Waals surface area (Å²) >= 11 is 0. The molecule has 0 spiro atoms. The zero-order valence-electron chi connectivity index (χ0n) is 12.6. The van der Waals surface area contributed by atoms with Crippen LogP contribution in [-0.4, -0.2) is 31.6 Å². The van der Waals surface area contributed by atoms with Crippen molar-refractivity contribution in [2.24, 2.45) is 0 Å². The number of aryl methyl sites for hydroxylation is 1. The van der Waals surface area contributed by atoms with Gasteiger partial charge in [0.2, 0.25) is 16.4 Å². The third-order valence-corrected chi connectivity index (χ3v) is 4.67. The van der Waals surface area contributed by atoms with E-state index in [4.69, 9.17) is 0 Å². The minimum absolute atomic E-state index is 0.187. The SMILES string of the molecule is O=CN[C@@H](CCc1ccccc1)CS(=O)(=O)Nc1cccnc1. The molecule has 0 aliphatic rings. The molecular formula is C16H19N3O3S. The molecule has 1 amide bonds. The van der Waals surface area contributed by atoms with Crippen LogP contribution in [0.15, 0.2) is 54.9 Å². The van der Waals surface area contributed by atoms with Crippen molar-refractivity contribution in [3.05, 3.63) is 60.4 Å². The molecule has 0 aliphatic carbocycles. The van der Waals surface area contributed by atoms with Gasteiger partial charge < -0.3 is 5.32 Å². The maximum atomic E-state index is 12.2. The van der Waals surface area contributed by atoms with Gasteiger partial charge in [-0.1, -0.05) is 30.3 Å². The summed E-state index contributed by atoms with van der Waals surface area (Å²) in [5, 5.41) is 2.58. The average molecular weight is 333 g/mol. The van der Waals surface area contributed by atoms with E-state index >= 15 is 0 Å². The van der Waals surface area contributed by atoms with E-state index in [0.29, 0.717) is 24.9 Å². The fraction of sp³-hybridized carbons (Fsp3) is 0.250. The fourth-order valence-corrected chi connectivity index (χ4v) is 3.56. The van der Waals surface area contributed by atoms with Crippen molar-refractivity contribution in [2.75, 3.05) is 10.5 Å². The molecule has 0 bridgehead atoms. The summed E-state index contributed by atoms with van der Waals surface area (Å²) in [4.78, 5) is 14.6. The number of carbonyl (C=O) groups is 1. The van der Waals surface area contributed by atoms with E-state index in [1.165, 1.54) is 6.20 Å². The smallest absolute Gasteiger partial charge is 0.234 e. The van der Waals surface area contributed by atoms with Crippen molar-refractivity contribution in [1.82, 2.24) is 10.3 Å². The molecule has 0 aliphatic heterocycles. The van der Waals surface area contributed by atoms with Crippen LogP contribution < -0.4 is 10.0 Å². The van der Waals surface area contributed by atoms with Crippen LogP contribution in [0, 0.1) is 0 Å². The highest BCUT2D eigenvalue weighted by Crippen LogP contribution is 2.10. The first-order valence-corrected chi connectivity index (χ1v) is 8.88. The Morgan fingerprint density at radius 3 is 2.57 bits per heavy atom. The lowest BCUT2D eigenvalue weighted by Crippen LogP contribution is -2.37. The van der Waals surface area contributed by atoms with E-state index in [0.717, 1.165) is 5.56 Å². The van der Waals surface area contributed by atoms with E-state index < -0.39 is 16.1 Å². The second kappa shape index (κ2) is 8.28. The van der Waals surface area contributed by atoms with Crippen LogP contribution in [0.4, 0.5) is 5.69 Å². The summed E-state index contributed by atoms with van der Waals surface area (Å²) in [5.74, 6) is -0.187. The minimum Gasteiger partial charge on any atom is -0.355 e. The third kappa shape index (κ3) is 6.07. The molecular weight excluding hydrogens is 314 g/mol. The van der Waals surface area contributed by atoms with Crippen molar-refractivity contribution < 1.29 is 13.2 Å². The number of hydrogen-bond donors (Lipinski definition) is 2. The molecule has 1 aromatic carbocycles. The van der Waals surface area contributed by atoms with Crippen LogP contribution >= 0.6 is 0 Å². The highest BCUT2D eigenvalue weighted by atomic mass is 32.2. The molecule has 23 heavy (non-hydrogen) atoms. The highest BCUT2D eigenvalue weighted by molar-refractivity contribution is 7.92. The number of aromatic nitrogens is 1. The van der Waals surface area contributed by atoms with Gasteiger partial charge in [-0.05, 0) is 30.5 Å². The Balaban J connectivity index is 1.96. The van der Waals surface area contributed by atoms with Crippen LogP contribution in [0.5, 0.6) is 0 Å². The molecule has 2 aromatic rings. The number of anilines is 1. The summed E-state index contributed by atoms with van der Waals surface area (Å²) < 4.78 is 26.9. The average Bonchev–Trinajstić information content (AvgIpc) is 2.54. The maximum absolute atomic E-state index is 12.2. The van der Waals surface area contributed by atoms with Gasteiger partial charge in [0.25, 0.3) is 0 Å². The summed E-state index contributed by atoms with van der Waals surface area (Å²) in [6, 6.07) is 12.5. The first-order chi connectivity index (χ1) is 11.1. The normalized spacial score (nSPS) is 12.3. The number of nitrogens with zero attached hydrogens (tertiary/aromatic N) is 1. The second-order valence-electron chi connectivity index (χ2n) is 5.13. The molecule has 2 rings (SSSR count). The van der Waals surface area contributed by atoms with Gasteiger partial charge in [0.1, 0.15) is 0 Å². The Labute approximate surface area is 136 Å². The predicted octanol–water partition coefficient (Wildman–Crippen LogP) is 1.57. The molecule has 1 aromatic heterocycles. The summed E-state index contributed by atoms with van der Waals surface area (Å²) in [6.07, 6.45) is 4.76. The zero-order valence-corrected chi connectivity index (χ0v) is 13.4. The monoisotopic (exact) mass is 333 g/mol. The molecule has 0 radical (unpaired) electrons. The third-order valence-electron chi connectivity index (χ3n) is 3.28. The lowest BCUT2D eigenvalue weighted by molar-refractivity contribution is -0.110. The lowest BCUT2D eigenvalue weighted by Gasteiger charge is -2.17. The van der Waals surface area contributed by atoms with Gasteiger partial charge in [-0.25, -0.2) is 8.42 Å². The largest absolute Gasteiger partial charge is 0.355 e. The number of nitrogens with one attached hydrogen (secondary N) is 2. The van der Waals surface area contributed by atoms with Crippen LogP contribution in [0.2, 0.25) is 0 Å². The molecule has 1 atom stereocenters. The Morgan fingerprint density at radius 2 is 1.91 bits per heavy atom. The van der Waals surface area contributed by atoms with E-state index in [9.17, 15) is 13.2 Å². The number of sulfonamides is 1. The first kappa shape index (κ1) is 17.0. The van der Waals surface area contributed by atoms with E-state index in [1.54, 1.807) is 18.3 Å². The van der Waals surface area contributed by atoms with Crippen molar-refractivity contribution >= 4 is 22.1 Å². The second-order valence-corrected chi connectivity index (χ2v) is 6.90. The number of rotatable bonds is 9. The van der Waals surface area contributed by atoms with Gasteiger partial charge in [0, 0.05) is 12.2 Å². The van der Waals surface area contributed by atoms with Crippen LogP contribution in [0.1, 0.15) is 12.0 Å². The summed E-state index contributed by atoms with van der Waals surface area (Å²) in [7, 11) is -3.57. The zero-order chi connectivity index (χ0) is 16.5. The van der Waals surface area contributed by atoms with Gasteiger partial charge in [0.05, 0.1) is 17.6 Å². The van der Waals surface area contributed by atoms with E-state index in [1.807, 2.05) is 30.3 Å². The van der Waals surface area contributed by atoms with Crippen molar-refractivity contribution in [3.8, 4) is 0 Å². The predicted molar refractivity (Wildman–Crippen MR) is 89.4 cm³/mol. The molecule has 1 heterocycles. The molecule has 2 N–H and O–H groups in total. The fourth-order valence-electron chi connectivity index (χ4n) is 2.21. The molecule has 122 valence electrons. The number of carbonyl (C=O) groups excluding carboxylic acids is 1. The molecule has 7 heteroatoms. The molecule has 0 saturated carbocycles. The Hall–Kier alpha value is -2.41. The van der Waals surface area contributed by atoms with Gasteiger partial charge in [-0.3, -0.25) is 14.5 Å². The van der Waals surface area contributed by atoms with Crippen LogP contribution in [0.3, 0.4) is 0 Å². The number of pyridine rings is 1. The Bertz CT molecular complexity index is 706. The Morgan fingerprint density at radius 1 is 1.13 bits per heavy atom. The number of amides is 1. The molecule has 0 unspecified atom stereocenters. The quantitative estimate of drug-likeness (QED) is 0.682. The van der Waals surface area contributed by atoms with Crippen LogP contribution in [-0.2, 0) is 21.2 Å². The van der Waals surface area contributed by atoms with E-state index in [-0.39, 0.29) is 5.75 Å². The standard InChI is InChI=1S/C16H19N3O3S/c20-13-18-16(9-8-14-5-2-1-3-6-14)12-23(21,22)19-15-7-4-10-17-11-15/h1-7,10-11,13,16,19H,8-9,12H2,(H,18,20)/t16-/m0/s1. The van der Waals surface area contributed by atoms with Crippen molar-refractivity contribution in [2.45, 2.75) is 18.9 Å². The molecule has 0 saturated heterocycles. The van der Waals surface area contributed by atoms with Gasteiger partial charge in [-0.15, -0.1) is 0 Å². The molecule has 6 nitrogen and oxygen atoms in total. The topological polar surface area (TPSA) is 88.2 Å². The van der Waals surface area contributed by atoms with E-state index in [2.05, 4.69) is 15.0 Å². The highest BCUT2D eigenvalue weighted by Gasteiger charge is 2.19. The van der Waals surface area contributed by atoms with Crippen molar-refractivity contribution in [1.29, 1.82) is 0 Å². The lowest BCUT2D eigenvalue weighted by atomic mass is 10.1. The minimum atomic E-state index is -3.57. The van der Waals surface area contributed by atoms with Crippen molar-refractivity contribution in [3.63, 3.8) is 0 Å².